The number of hydrogen-bond donors (Lipinski definition) is 1. The highest BCUT2D eigenvalue weighted by Crippen LogP contribution is 2.29. The maximum Gasteiger partial charge on any atom is 0.339 e. The number of esters is 1. The lowest BCUT2D eigenvalue weighted by molar-refractivity contribution is -0.119. The first kappa shape index (κ1) is 22.6. The van der Waals surface area contributed by atoms with Crippen LogP contribution in [-0.4, -0.2) is 38.5 Å². The van der Waals surface area contributed by atoms with Crippen LogP contribution in [0, 0.1) is 6.92 Å². The van der Waals surface area contributed by atoms with Gasteiger partial charge in [0.2, 0.25) is 0 Å². The van der Waals surface area contributed by atoms with Crippen molar-refractivity contribution in [1.82, 2.24) is 0 Å². The number of carbonyl (C=O) groups is 3. The Morgan fingerprint density at radius 1 is 0.812 bits per heavy atom. The third kappa shape index (κ3) is 5.31. The molecule has 0 spiro atoms. The van der Waals surface area contributed by atoms with Crippen molar-refractivity contribution in [3.8, 4) is 11.5 Å². The number of anilines is 1. The largest absolute Gasteiger partial charge is 0.493 e. The van der Waals surface area contributed by atoms with Gasteiger partial charge in [0, 0.05) is 22.9 Å². The van der Waals surface area contributed by atoms with Crippen LogP contribution in [0.2, 0.25) is 0 Å². The zero-order valence-corrected chi connectivity index (χ0v) is 18.0. The quantitative estimate of drug-likeness (QED) is 0.426. The Kier molecular flexibility index (Phi) is 7.23. The number of amides is 1. The summed E-state index contributed by atoms with van der Waals surface area (Å²) in [5.74, 6) is -0.624. The summed E-state index contributed by atoms with van der Waals surface area (Å²) in [5, 5.41) is 2.62. The summed E-state index contributed by atoms with van der Waals surface area (Å²) in [6.45, 7) is 1.41. The monoisotopic (exact) mass is 433 g/mol. The van der Waals surface area contributed by atoms with Crippen molar-refractivity contribution in [3.63, 3.8) is 0 Å². The maximum absolute atomic E-state index is 12.9. The van der Waals surface area contributed by atoms with Crippen LogP contribution in [0.1, 0.15) is 31.8 Å². The minimum absolute atomic E-state index is 0.0944. The van der Waals surface area contributed by atoms with E-state index in [1.54, 1.807) is 48.5 Å². The molecule has 0 saturated heterocycles. The van der Waals surface area contributed by atoms with Gasteiger partial charge in [0.15, 0.2) is 23.9 Å². The molecule has 0 aromatic heterocycles. The standard InChI is InChI=1S/C25H23NO6/c1-16-8-10-17(11-9-16)24(28)19-6-4-5-7-20(19)25(29)32-15-23(27)26-18-12-13-21(30-2)22(14-18)31-3/h4-14H,15H2,1-3H3,(H,26,27). The Balaban J connectivity index is 1.67. The van der Waals surface area contributed by atoms with Crippen LogP contribution in [0.5, 0.6) is 11.5 Å². The molecule has 0 aliphatic carbocycles. The van der Waals surface area contributed by atoms with Gasteiger partial charge in [-0.2, -0.15) is 0 Å². The summed E-state index contributed by atoms with van der Waals surface area (Å²) >= 11 is 0. The zero-order chi connectivity index (χ0) is 23.1. The van der Waals surface area contributed by atoms with E-state index >= 15 is 0 Å². The third-order valence-electron chi connectivity index (χ3n) is 4.71. The molecular formula is C25H23NO6. The van der Waals surface area contributed by atoms with E-state index in [-0.39, 0.29) is 16.9 Å². The number of methoxy groups -OCH3 is 2. The van der Waals surface area contributed by atoms with Crippen LogP contribution in [0.15, 0.2) is 66.7 Å². The molecule has 1 amide bonds. The van der Waals surface area contributed by atoms with Crippen LogP contribution < -0.4 is 14.8 Å². The van der Waals surface area contributed by atoms with E-state index in [1.807, 2.05) is 19.1 Å². The number of aryl methyl sites for hydroxylation is 1. The molecule has 164 valence electrons. The SMILES string of the molecule is COc1ccc(NC(=O)COC(=O)c2ccccc2C(=O)c2ccc(C)cc2)cc1OC. The van der Waals surface area contributed by atoms with Gasteiger partial charge in [0.1, 0.15) is 0 Å². The van der Waals surface area contributed by atoms with Gasteiger partial charge in [-0.1, -0.05) is 48.0 Å². The van der Waals surface area contributed by atoms with Crippen LogP contribution in [0.3, 0.4) is 0 Å². The average Bonchev–Trinajstić information content (AvgIpc) is 2.82. The summed E-state index contributed by atoms with van der Waals surface area (Å²) in [6, 6.07) is 18.3. The molecule has 3 aromatic rings. The van der Waals surface area contributed by atoms with Gasteiger partial charge < -0.3 is 19.5 Å². The lowest BCUT2D eigenvalue weighted by atomic mass is 9.98. The van der Waals surface area contributed by atoms with Crippen molar-refractivity contribution in [2.24, 2.45) is 0 Å². The van der Waals surface area contributed by atoms with Crippen LogP contribution in [-0.2, 0) is 9.53 Å². The Morgan fingerprint density at radius 3 is 2.12 bits per heavy atom. The molecule has 7 nitrogen and oxygen atoms in total. The van der Waals surface area contributed by atoms with E-state index < -0.39 is 18.5 Å². The second-order valence-electron chi connectivity index (χ2n) is 6.93. The van der Waals surface area contributed by atoms with Gasteiger partial charge in [-0.25, -0.2) is 4.79 Å². The number of benzene rings is 3. The molecule has 7 heteroatoms. The van der Waals surface area contributed by atoms with E-state index in [4.69, 9.17) is 14.2 Å². The fraction of sp³-hybridized carbons (Fsp3) is 0.160. The van der Waals surface area contributed by atoms with E-state index in [0.717, 1.165) is 5.56 Å². The molecule has 0 bridgehead atoms. The molecule has 0 heterocycles. The second-order valence-corrected chi connectivity index (χ2v) is 6.93. The first-order valence-electron chi connectivity index (χ1n) is 9.82. The Hall–Kier alpha value is -4.13. The van der Waals surface area contributed by atoms with Crippen molar-refractivity contribution in [2.45, 2.75) is 6.92 Å². The molecule has 3 aromatic carbocycles. The smallest absolute Gasteiger partial charge is 0.339 e. The Morgan fingerprint density at radius 2 is 1.47 bits per heavy atom. The number of rotatable bonds is 8. The molecule has 0 radical (unpaired) electrons. The van der Waals surface area contributed by atoms with Gasteiger partial charge in [-0.05, 0) is 25.1 Å². The highest BCUT2D eigenvalue weighted by molar-refractivity contribution is 6.14. The van der Waals surface area contributed by atoms with Crippen molar-refractivity contribution in [3.05, 3.63) is 89.0 Å². The topological polar surface area (TPSA) is 90.9 Å². The van der Waals surface area contributed by atoms with Crippen molar-refractivity contribution in [1.29, 1.82) is 0 Å². The molecule has 3 rings (SSSR count). The number of carbonyl (C=O) groups excluding carboxylic acids is 3. The summed E-state index contributed by atoms with van der Waals surface area (Å²) in [5.41, 5.74) is 2.24. The predicted octanol–water partition coefficient (Wildman–Crippen LogP) is 4.04. The number of ether oxygens (including phenoxy) is 3. The molecule has 32 heavy (non-hydrogen) atoms. The van der Waals surface area contributed by atoms with Gasteiger partial charge in [0.05, 0.1) is 19.8 Å². The average molecular weight is 433 g/mol. The first-order valence-corrected chi connectivity index (χ1v) is 9.82. The molecule has 0 unspecified atom stereocenters. The van der Waals surface area contributed by atoms with E-state index in [2.05, 4.69) is 5.32 Å². The van der Waals surface area contributed by atoms with Gasteiger partial charge in [-0.15, -0.1) is 0 Å². The normalized spacial score (nSPS) is 10.2. The molecule has 0 saturated carbocycles. The van der Waals surface area contributed by atoms with Crippen molar-refractivity contribution >= 4 is 23.3 Å². The molecule has 1 N–H and O–H groups in total. The van der Waals surface area contributed by atoms with Crippen molar-refractivity contribution < 1.29 is 28.6 Å². The van der Waals surface area contributed by atoms with Crippen LogP contribution in [0.4, 0.5) is 5.69 Å². The molecule has 0 atom stereocenters. The predicted molar refractivity (Wildman–Crippen MR) is 120 cm³/mol. The molecule has 0 fully saturated rings. The van der Waals surface area contributed by atoms with Crippen LogP contribution in [0.25, 0.3) is 0 Å². The van der Waals surface area contributed by atoms with E-state index in [9.17, 15) is 14.4 Å². The minimum Gasteiger partial charge on any atom is -0.493 e. The summed E-state index contributed by atoms with van der Waals surface area (Å²) in [6.07, 6.45) is 0. The summed E-state index contributed by atoms with van der Waals surface area (Å²) < 4.78 is 15.5. The first-order chi connectivity index (χ1) is 15.4. The fourth-order valence-corrected chi connectivity index (χ4v) is 3.04. The minimum atomic E-state index is -0.761. The fourth-order valence-electron chi connectivity index (χ4n) is 3.04. The summed E-state index contributed by atoms with van der Waals surface area (Å²) in [4.78, 5) is 37.7. The number of hydrogen-bond acceptors (Lipinski definition) is 6. The van der Waals surface area contributed by atoms with Crippen molar-refractivity contribution in [2.75, 3.05) is 26.1 Å². The third-order valence-corrected chi connectivity index (χ3v) is 4.71. The maximum atomic E-state index is 12.9. The number of ketones is 1. The molecule has 0 aliphatic heterocycles. The second kappa shape index (κ2) is 10.3. The lowest BCUT2D eigenvalue weighted by Crippen LogP contribution is -2.22. The number of nitrogens with one attached hydrogen (secondary N) is 1. The highest BCUT2D eigenvalue weighted by Gasteiger charge is 2.20. The van der Waals surface area contributed by atoms with Gasteiger partial charge in [-0.3, -0.25) is 9.59 Å². The highest BCUT2D eigenvalue weighted by atomic mass is 16.5. The summed E-state index contributed by atoms with van der Waals surface area (Å²) in [7, 11) is 3.00. The van der Waals surface area contributed by atoms with E-state index in [1.165, 1.54) is 20.3 Å². The van der Waals surface area contributed by atoms with Crippen LogP contribution >= 0.6 is 0 Å². The zero-order valence-electron chi connectivity index (χ0n) is 18.0. The van der Waals surface area contributed by atoms with Gasteiger partial charge in [0.25, 0.3) is 5.91 Å². The molecular weight excluding hydrogens is 410 g/mol. The Labute approximate surface area is 185 Å². The Bertz CT molecular complexity index is 1140. The lowest BCUT2D eigenvalue weighted by Gasteiger charge is -2.11. The van der Waals surface area contributed by atoms with Gasteiger partial charge >= 0.3 is 5.97 Å². The molecule has 0 aliphatic rings. The van der Waals surface area contributed by atoms with E-state index in [0.29, 0.717) is 22.7 Å².